The number of nitrogens with zero attached hydrogens (tertiary/aromatic N) is 1. The van der Waals surface area contributed by atoms with Crippen molar-refractivity contribution in [1.82, 2.24) is 5.43 Å². The third-order valence-corrected chi connectivity index (χ3v) is 8.80. The molecule has 3 aromatic carbocycles. The Morgan fingerprint density at radius 1 is 0.625 bits per heavy atom. The third kappa shape index (κ3) is 2.44. The van der Waals surface area contributed by atoms with Crippen LogP contribution in [0.3, 0.4) is 0 Å². The van der Waals surface area contributed by atoms with Gasteiger partial charge in [0.1, 0.15) is 15.9 Å². The van der Waals surface area contributed by atoms with Crippen LogP contribution in [0.5, 0.6) is 0 Å². The highest BCUT2D eigenvalue weighted by atomic mass is 31.2. The van der Waals surface area contributed by atoms with Crippen molar-refractivity contribution in [3.8, 4) is 0 Å². The van der Waals surface area contributed by atoms with Crippen molar-refractivity contribution in [2.24, 2.45) is 5.10 Å². The molecule has 1 aliphatic heterocycles. The summed E-state index contributed by atoms with van der Waals surface area (Å²) in [5.41, 5.74) is 4.49. The van der Waals surface area contributed by atoms with Crippen LogP contribution in [0.1, 0.15) is 6.42 Å². The molecule has 0 bridgehead atoms. The van der Waals surface area contributed by atoms with Crippen molar-refractivity contribution in [3.63, 3.8) is 0 Å². The van der Waals surface area contributed by atoms with Gasteiger partial charge < -0.3 is 5.43 Å². The van der Waals surface area contributed by atoms with Crippen molar-refractivity contribution in [3.05, 3.63) is 91.0 Å². The highest BCUT2D eigenvalue weighted by Crippen LogP contribution is 2.57. The minimum absolute atomic E-state index is 0.920. The van der Waals surface area contributed by atoms with Crippen LogP contribution >= 0.6 is 7.26 Å². The van der Waals surface area contributed by atoms with Gasteiger partial charge in [-0.2, -0.15) is 0 Å². The molecule has 1 heterocycles. The summed E-state index contributed by atoms with van der Waals surface area (Å²) in [5.74, 6) is 0. The second-order valence-electron chi connectivity index (χ2n) is 5.86. The lowest BCUT2D eigenvalue weighted by Crippen LogP contribution is -2.36. The van der Waals surface area contributed by atoms with E-state index >= 15 is 0 Å². The summed E-state index contributed by atoms with van der Waals surface area (Å²) in [6, 6.07) is 32.6. The molecule has 0 amide bonds. The normalized spacial score (nSPS) is 14.1. The van der Waals surface area contributed by atoms with E-state index in [1.54, 1.807) is 0 Å². The maximum absolute atomic E-state index is 4.75. The van der Waals surface area contributed by atoms with Gasteiger partial charge in [-0.3, -0.25) is 0 Å². The summed E-state index contributed by atoms with van der Waals surface area (Å²) in [7, 11) is -1.91. The van der Waals surface area contributed by atoms with Gasteiger partial charge in [-0.1, -0.05) is 54.6 Å². The van der Waals surface area contributed by atoms with Crippen LogP contribution in [0.2, 0.25) is 0 Å². The van der Waals surface area contributed by atoms with E-state index in [9.17, 15) is 0 Å². The Bertz CT molecular complexity index is 733. The molecule has 3 heteroatoms. The van der Waals surface area contributed by atoms with Crippen LogP contribution in [0.4, 0.5) is 0 Å². The SMILES string of the molecule is c1ccc([P+](C2=NNCC2)(c2ccccc2)c2ccccc2)cc1. The molecule has 24 heavy (non-hydrogen) atoms. The Kier molecular flexibility index (Phi) is 4.15. The van der Waals surface area contributed by atoms with Crippen molar-refractivity contribution >= 4 is 28.6 Å². The monoisotopic (exact) mass is 331 g/mol. The highest BCUT2D eigenvalue weighted by Gasteiger charge is 2.51. The molecule has 1 N–H and O–H groups in total. The first-order valence-electron chi connectivity index (χ1n) is 8.28. The predicted molar refractivity (Wildman–Crippen MR) is 105 cm³/mol. The van der Waals surface area contributed by atoms with Crippen molar-refractivity contribution in [2.75, 3.05) is 6.54 Å². The highest BCUT2D eigenvalue weighted by molar-refractivity contribution is 8.08. The van der Waals surface area contributed by atoms with Gasteiger partial charge in [0.05, 0.1) is 0 Å². The van der Waals surface area contributed by atoms with Gasteiger partial charge in [-0.15, -0.1) is 5.10 Å². The zero-order chi connectivity index (χ0) is 16.2. The van der Waals surface area contributed by atoms with E-state index < -0.39 is 7.26 Å². The standard InChI is InChI=1S/C21H20N2P/c1-4-10-18(11-5-1)24(21-16-17-22-23-21,19-12-6-2-7-13-19)20-14-8-3-9-15-20/h1-15,22H,16-17H2/q+1. The van der Waals surface area contributed by atoms with E-state index in [0.29, 0.717) is 0 Å². The van der Waals surface area contributed by atoms with Crippen LogP contribution in [0, 0.1) is 0 Å². The van der Waals surface area contributed by atoms with Gasteiger partial charge >= 0.3 is 0 Å². The van der Waals surface area contributed by atoms with Gasteiger partial charge in [0, 0.05) is 13.0 Å². The molecule has 0 atom stereocenters. The fourth-order valence-corrected chi connectivity index (χ4v) is 7.78. The fourth-order valence-electron chi connectivity index (χ4n) is 3.46. The third-order valence-electron chi connectivity index (χ3n) is 4.49. The van der Waals surface area contributed by atoms with Crippen LogP contribution in [-0.2, 0) is 0 Å². The molecule has 0 saturated heterocycles. The average molecular weight is 331 g/mol. The van der Waals surface area contributed by atoms with Crippen LogP contribution in [0.25, 0.3) is 0 Å². The van der Waals surface area contributed by atoms with Crippen LogP contribution < -0.4 is 21.3 Å². The number of benzene rings is 3. The van der Waals surface area contributed by atoms with E-state index in [1.165, 1.54) is 21.4 Å². The largest absolute Gasteiger partial charge is 0.306 e. The average Bonchev–Trinajstić information content (AvgIpc) is 3.20. The molecule has 0 spiro atoms. The molecule has 0 saturated carbocycles. The molecule has 0 radical (unpaired) electrons. The molecular weight excluding hydrogens is 311 g/mol. The molecule has 0 aliphatic carbocycles. The molecule has 0 unspecified atom stereocenters. The smallest absolute Gasteiger partial charge is 0.194 e. The zero-order valence-corrected chi connectivity index (χ0v) is 14.4. The van der Waals surface area contributed by atoms with Crippen LogP contribution in [-0.4, -0.2) is 12.0 Å². The first kappa shape index (κ1) is 15.1. The lowest BCUT2D eigenvalue weighted by atomic mass is 10.3. The van der Waals surface area contributed by atoms with E-state index in [-0.39, 0.29) is 0 Å². The Morgan fingerprint density at radius 3 is 1.38 bits per heavy atom. The Morgan fingerprint density at radius 2 is 1.04 bits per heavy atom. The summed E-state index contributed by atoms with van der Waals surface area (Å²) in [6.07, 6.45) is 0.993. The summed E-state index contributed by atoms with van der Waals surface area (Å²) in [4.78, 5) is 0. The van der Waals surface area contributed by atoms with Crippen LogP contribution in [0.15, 0.2) is 96.1 Å². The fraction of sp³-hybridized carbons (Fsp3) is 0.0952. The minimum Gasteiger partial charge on any atom is -0.306 e. The predicted octanol–water partition coefficient (Wildman–Crippen LogP) is 3.29. The van der Waals surface area contributed by atoms with E-state index in [2.05, 4.69) is 96.4 Å². The molecule has 2 nitrogen and oxygen atoms in total. The van der Waals surface area contributed by atoms with Crippen molar-refractivity contribution in [2.45, 2.75) is 6.42 Å². The van der Waals surface area contributed by atoms with Gasteiger partial charge in [0.15, 0.2) is 12.7 Å². The number of hydrazone groups is 1. The topological polar surface area (TPSA) is 24.4 Å². The Hall–Kier alpha value is -2.44. The number of rotatable bonds is 4. The molecule has 0 aromatic heterocycles. The summed E-state index contributed by atoms with van der Waals surface area (Å²) in [6.45, 7) is 0.920. The van der Waals surface area contributed by atoms with E-state index in [1.807, 2.05) is 0 Å². The number of hydrogen-bond acceptors (Lipinski definition) is 2. The first-order chi connectivity index (χ1) is 11.9. The summed E-state index contributed by atoms with van der Waals surface area (Å²) in [5, 5.41) is 8.85. The quantitative estimate of drug-likeness (QED) is 0.729. The van der Waals surface area contributed by atoms with Gasteiger partial charge in [-0.05, 0) is 36.4 Å². The summed E-state index contributed by atoms with van der Waals surface area (Å²) >= 11 is 0. The number of hydrogen-bond donors (Lipinski definition) is 1. The summed E-state index contributed by atoms with van der Waals surface area (Å²) < 4.78 is 0. The lowest BCUT2D eigenvalue weighted by Gasteiger charge is -2.26. The molecule has 4 rings (SSSR count). The van der Waals surface area contributed by atoms with E-state index in [4.69, 9.17) is 5.10 Å². The first-order valence-corrected chi connectivity index (χ1v) is 10.1. The Labute approximate surface area is 143 Å². The Balaban J connectivity index is 2.07. The van der Waals surface area contributed by atoms with E-state index in [0.717, 1.165) is 13.0 Å². The minimum atomic E-state index is -1.91. The maximum Gasteiger partial charge on any atom is 0.194 e. The second-order valence-corrected chi connectivity index (χ2v) is 9.27. The lowest BCUT2D eigenvalue weighted by molar-refractivity contribution is 0.813. The van der Waals surface area contributed by atoms with Gasteiger partial charge in [0.25, 0.3) is 0 Å². The number of nitrogens with one attached hydrogen (secondary N) is 1. The molecule has 0 fully saturated rings. The van der Waals surface area contributed by atoms with Gasteiger partial charge in [-0.25, -0.2) is 0 Å². The maximum atomic E-state index is 4.75. The van der Waals surface area contributed by atoms with Gasteiger partial charge in [0.2, 0.25) is 0 Å². The zero-order valence-electron chi connectivity index (χ0n) is 13.5. The molecule has 3 aromatic rings. The van der Waals surface area contributed by atoms with Crippen molar-refractivity contribution in [1.29, 1.82) is 0 Å². The molecule has 1 aliphatic rings. The van der Waals surface area contributed by atoms with Crippen molar-refractivity contribution < 1.29 is 0 Å². The second kappa shape index (κ2) is 6.59. The molecular formula is C21H20N2P+. The molecule has 118 valence electrons.